The van der Waals surface area contributed by atoms with E-state index < -0.39 is 0 Å². The summed E-state index contributed by atoms with van der Waals surface area (Å²) in [6, 6.07) is 10.8. The van der Waals surface area contributed by atoms with E-state index in [-0.39, 0.29) is 5.92 Å². The average Bonchev–Trinajstić information content (AvgIpc) is 3.14. The number of Topliss-reactive ketones (excluding diaryl/α,β-unsaturated/α-hetero) is 1. The van der Waals surface area contributed by atoms with Gasteiger partial charge in [0, 0.05) is 11.8 Å². The lowest BCUT2D eigenvalue weighted by Gasteiger charge is -2.27. The molecule has 6 atom stereocenters. The van der Waals surface area contributed by atoms with Crippen molar-refractivity contribution in [2.75, 3.05) is 0 Å². The number of rotatable bonds is 3. The summed E-state index contributed by atoms with van der Waals surface area (Å²) in [4.78, 5) is 12.9. The number of ketones is 1. The first kappa shape index (κ1) is 12.4. The number of hydrogen-bond donors (Lipinski definition) is 0. The summed E-state index contributed by atoms with van der Waals surface area (Å²) in [6.07, 6.45) is 8.11. The van der Waals surface area contributed by atoms with Crippen molar-refractivity contribution in [2.45, 2.75) is 32.1 Å². The van der Waals surface area contributed by atoms with Crippen molar-refractivity contribution in [2.24, 2.45) is 29.6 Å². The van der Waals surface area contributed by atoms with Crippen molar-refractivity contribution in [3.63, 3.8) is 0 Å². The van der Waals surface area contributed by atoms with Gasteiger partial charge in [0.05, 0.1) is 0 Å². The van der Waals surface area contributed by atoms with Crippen molar-refractivity contribution in [1.82, 2.24) is 0 Å². The van der Waals surface area contributed by atoms with Crippen molar-refractivity contribution < 1.29 is 4.79 Å². The van der Waals surface area contributed by atoms with Crippen LogP contribution in [0.3, 0.4) is 0 Å². The Kier molecular flexibility index (Phi) is 2.83. The smallest absolute Gasteiger partial charge is 0.140 e. The SMILES string of the molecule is CCC[C@@H]1C(=O)[C@H]2[C@@H]([C@H]1c1ccccc1)[C@@H]1C=C[C@H]2C1. The number of carbonyl (C=O) groups is 1. The molecule has 0 saturated heterocycles. The zero-order valence-electron chi connectivity index (χ0n) is 12.0. The zero-order valence-corrected chi connectivity index (χ0v) is 12.0. The van der Waals surface area contributed by atoms with Crippen LogP contribution >= 0.6 is 0 Å². The molecule has 0 radical (unpaired) electrons. The van der Waals surface area contributed by atoms with E-state index in [0.717, 1.165) is 12.8 Å². The summed E-state index contributed by atoms with van der Waals surface area (Å²) in [6.45, 7) is 2.20. The summed E-state index contributed by atoms with van der Waals surface area (Å²) in [5.74, 6) is 3.41. The fourth-order valence-electron chi connectivity index (χ4n) is 5.21. The molecule has 0 aliphatic heterocycles. The predicted octanol–water partition coefficient (Wildman–Crippen LogP) is 4.21. The Morgan fingerprint density at radius 3 is 2.55 bits per heavy atom. The standard InChI is InChI=1S/C19H22O/c1-2-6-15-16(12-7-4-3-5-8-12)17-13-9-10-14(11-13)18(17)19(15)20/h3-5,7-10,13-18H,2,6,11H2,1H3/t13-,14+,15+,16+,17-,18-/m1/s1. The maximum absolute atomic E-state index is 12.9. The van der Waals surface area contributed by atoms with Gasteiger partial charge in [-0.1, -0.05) is 55.8 Å². The van der Waals surface area contributed by atoms with Gasteiger partial charge in [0.2, 0.25) is 0 Å². The van der Waals surface area contributed by atoms with Crippen LogP contribution in [0.15, 0.2) is 42.5 Å². The van der Waals surface area contributed by atoms with Crippen LogP contribution in [0.4, 0.5) is 0 Å². The van der Waals surface area contributed by atoms with E-state index in [1.807, 2.05) is 0 Å². The Morgan fingerprint density at radius 1 is 1.05 bits per heavy atom. The van der Waals surface area contributed by atoms with Gasteiger partial charge in [-0.25, -0.2) is 0 Å². The largest absolute Gasteiger partial charge is 0.299 e. The molecule has 0 amide bonds. The van der Waals surface area contributed by atoms with Crippen LogP contribution < -0.4 is 0 Å². The number of hydrogen-bond acceptors (Lipinski definition) is 1. The summed E-state index contributed by atoms with van der Waals surface area (Å²) >= 11 is 0. The molecule has 104 valence electrons. The van der Waals surface area contributed by atoms with Crippen LogP contribution in [0.2, 0.25) is 0 Å². The Bertz CT molecular complexity index is 544. The zero-order chi connectivity index (χ0) is 13.7. The minimum atomic E-state index is 0.266. The monoisotopic (exact) mass is 266 g/mol. The van der Waals surface area contributed by atoms with Gasteiger partial charge in [-0.2, -0.15) is 0 Å². The molecule has 0 N–H and O–H groups in total. The van der Waals surface area contributed by atoms with E-state index in [4.69, 9.17) is 0 Å². The summed E-state index contributed by atoms with van der Waals surface area (Å²) in [5, 5.41) is 0. The average molecular weight is 266 g/mol. The number of allylic oxidation sites excluding steroid dienone is 2. The summed E-state index contributed by atoms with van der Waals surface area (Å²) in [7, 11) is 0. The van der Waals surface area contributed by atoms with Gasteiger partial charge in [0.1, 0.15) is 5.78 Å². The van der Waals surface area contributed by atoms with Crippen LogP contribution in [0.25, 0.3) is 0 Å². The Labute approximate surface area is 121 Å². The van der Waals surface area contributed by atoms with Gasteiger partial charge in [0.15, 0.2) is 0 Å². The molecular formula is C19H22O. The second kappa shape index (κ2) is 4.58. The molecule has 0 unspecified atom stereocenters. The normalized spacial score (nSPS) is 41.4. The van der Waals surface area contributed by atoms with Crippen LogP contribution in [-0.4, -0.2) is 5.78 Å². The molecule has 0 spiro atoms. The van der Waals surface area contributed by atoms with Crippen LogP contribution in [0, 0.1) is 29.6 Å². The second-order valence-electron chi connectivity index (χ2n) is 6.79. The lowest BCUT2D eigenvalue weighted by Crippen LogP contribution is -2.21. The highest BCUT2D eigenvalue weighted by Gasteiger charge is 2.59. The van der Waals surface area contributed by atoms with E-state index in [1.165, 1.54) is 12.0 Å². The van der Waals surface area contributed by atoms with E-state index in [0.29, 0.717) is 35.4 Å². The van der Waals surface area contributed by atoms with Crippen molar-refractivity contribution in [1.29, 1.82) is 0 Å². The molecule has 1 heteroatoms. The highest BCUT2D eigenvalue weighted by molar-refractivity contribution is 5.89. The Hall–Kier alpha value is -1.37. The predicted molar refractivity (Wildman–Crippen MR) is 80.3 cm³/mol. The van der Waals surface area contributed by atoms with Gasteiger partial charge in [-0.15, -0.1) is 0 Å². The third kappa shape index (κ3) is 1.58. The fraction of sp³-hybridized carbons (Fsp3) is 0.526. The van der Waals surface area contributed by atoms with Crippen molar-refractivity contribution in [3.05, 3.63) is 48.0 Å². The van der Waals surface area contributed by atoms with E-state index in [9.17, 15) is 4.79 Å². The van der Waals surface area contributed by atoms with E-state index in [1.54, 1.807) is 0 Å². The van der Waals surface area contributed by atoms with Crippen molar-refractivity contribution >= 4 is 5.78 Å². The first-order valence-corrected chi connectivity index (χ1v) is 8.08. The molecule has 1 aromatic carbocycles. The maximum Gasteiger partial charge on any atom is 0.140 e. The number of benzene rings is 1. The molecule has 2 fully saturated rings. The first-order chi connectivity index (χ1) is 9.81. The second-order valence-corrected chi connectivity index (χ2v) is 6.79. The molecule has 0 heterocycles. The molecule has 1 aromatic rings. The minimum absolute atomic E-state index is 0.266. The maximum atomic E-state index is 12.9. The third-order valence-electron chi connectivity index (χ3n) is 5.85. The molecule has 2 saturated carbocycles. The Balaban J connectivity index is 1.77. The van der Waals surface area contributed by atoms with Crippen LogP contribution in [0.5, 0.6) is 0 Å². The Morgan fingerprint density at radius 2 is 1.80 bits per heavy atom. The number of carbonyl (C=O) groups excluding carboxylic acids is 1. The van der Waals surface area contributed by atoms with Gasteiger partial charge in [0.25, 0.3) is 0 Å². The van der Waals surface area contributed by atoms with Gasteiger partial charge >= 0.3 is 0 Å². The topological polar surface area (TPSA) is 17.1 Å². The van der Waals surface area contributed by atoms with Gasteiger partial charge in [-0.3, -0.25) is 4.79 Å². The fourth-order valence-corrected chi connectivity index (χ4v) is 5.21. The minimum Gasteiger partial charge on any atom is -0.299 e. The number of fused-ring (bicyclic) bond motifs is 5. The highest BCUT2D eigenvalue weighted by atomic mass is 16.1. The van der Waals surface area contributed by atoms with Gasteiger partial charge < -0.3 is 0 Å². The lowest BCUT2D eigenvalue weighted by molar-refractivity contribution is -0.125. The summed E-state index contributed by atoms with van der Waals surface area (Å²) < 4.78 is 0. The quantitative estimate of drug-likeness (QED) is 0.749. The van der Waals surface area contributed by atoms with Crippen LogP contribution in [-0.2, 0) is 4.79 Å². The van der Waals surface area contributed by atoms with Crippen LogP contribution in [0.1, 0.15) is 37.7 Å². The molecular weight excluding hydrogens is 244 g/mol. The molecule has 2 bridgehead atoms. The van der Waals surface area contributed by atoms with Crippen molar-refractivity contribution in [3.8, 4) is 0 Å². The first-order valence-electron chi connectivity index (χ1n) is 8.08. The van der Waals surface area contributed by atoms with Gasteiger partial charge in [-0.05, 0) is 42.1 Å². The molecule has 20 heavy (non-hydrogen) atoms. The molecule has 3 aliphatic carbocycles. The molecule has 4 rings (SSSR count). The molecule has 1 nitrogen and oxygen atoms in total. The molecule has 0 aromatic heterocycles. The highest BCUT2D eigenvalue weighted by Crippen LogP contribution is 2.61. The lowest BCUT2D eigenvalue weighted by atomic mass is 9.76. The van der Waals surface area contributed by atoms with E-state index in [2.05, 4.69) is 49.4 Å². The van der Waals surface area contributed by atoms with E-state index >= 15 is 0 Å². The summed E-state index contributed by atoms with van der Waals surface area (Å²) in [5.41, 5.74) is 1.40. The third-order valence-corrected chi connectivity index (χ3v) is 5.85. The molecule has 3 aliphatic rings.